The van der Waals surface area contributed by atoms with Crippen LogP contribution in [0.2, 0.25) is 0 Å². The van der Waals surface area contributed by atoms with Crippen molar-refractivity contribution in [2.24, 2.45) is 16.7 Å². The van der Waals surface area contributed by atoms with Gasteiger partial charge in [0.1, 0.15) is 0 Å². The maximum Gasteiger partial charge on any atom is 0.211 e. The third-order valence-electron chi connectivity index (χ3n) is 4.98. The van der Waals surface area contributed by atoms with Gasteiger partial charge in [0.15, 0.2) is 5.78 Å². The van der Waals surface area contributed by atoms with E-state index in [0.29, 0.717) is 0 Å². The number of alkyl halides is 1. The van der Waals surface area contributed by atoms with Gasteiger partial charge in [-0.2, -0.15) is 0 Å². The second kappa shape index (κ2) is 3.78. The predicted molar refractivity (Wildman–Crippen MR) is 69.5 cm³/mol. The Morgan fingerprint density at radius 1 is 1.47 bits per heavy atom. The summed E-state index contributed by atoms with van der Waals surface area (Å²) in [7, 11) is -1.87. The molecule has 0 aliphatic heterocycles. The van der Waals surface area contributed by atoms with Crippen molar-refractivity contribution in [3.63, 3.8) is 0 Å². The Bertz CT molecular complexity index is 463. The number of carbonyl (C=O) groups is 1. The van der Waals surface area contributed by atoms with Gasteiger partial charge in [-0.25, -0.2) is 13.1 Å². The van der Waals surface area contributed by atoms with E-state index >= 15 is 0 Å². The summed E-state index contributed by atoms with van der Waals surface area (Å²) in [5.74, 6) is 0.330. The molecule has 2 fully saturated rings. The van der Waals surface area contributed by atoms with Gasteiger partial charge < -0.3 is 0 Å². The van der Waals surface area contributed by atoms with Crippen molar-refractivity contribution >= 4 is 31.7 Å². The Balaban J connectivity index is 2.42. The topological polar surface area (TPSA) is 63.2 Å². The summed E-state index contributed by atoms with van der Waals surface area (Å²) in [5.41, 5.74) is -0.962. The third-order valence-corrected chi connectivity index (χ3v) is 7.64. The third kappa shape index (κ3) is 1.64. The zero-order valence-electron chi connectivity index (χ0n) is 10.3. The zero-order chi connectivity index (χ0) is 13.1. The first-order valence-electron chi connectivity index (χ1n) is 5.77. The molecule has 0 radical (unpaired) electrons. The lowest BCUT2D eigenvalue weighted by Crippen LogP contribution is -2.42. The van der Waals surface area contributed by atoms with Crippen LogP contribution in [0.4, 0.5) is 0 Å². The van der Waals surface area contributed by atoms with Gasteiger partial charge in [-0.05, 0) is 31.2 Å². The fourth-order valence-corrected chi connectivity index (χ4v) is 6.37. The molecule has 4 atom stereocenters. The minimum atomic E-state index is -3.30. The normalized spacial score (nSPS) is 45.5. The molecule has 0 aromatic rings. The number of nitrogens with one attached hydrogen (secondary N) is 1. The van der Waals surface area contributed by atoms with Crippen molar-refractivity contribution in [1.29, 1.82) is 0 Å². The first kappa shape index (κ1) is 13.5. The highest BCUT2D eigenvalue weighted by Crippen LogP contribution is 2.65. The van der Waals surface area contributed by atoms with E-state index in [-0.39, 0.29) is 22.3 Å². The standard InChI is InChI=1S/C11H18BrNO3S/c1-10-5-4-7(8(12)9(10)14)11(10,2)6-17(15,16)13-3/h7-8,13H,4-6H2,1-3H3/t7-,8+,10-,11-/m0/s1. The molecule has 98 valence electrons. The van der Waals surface area contributed by atoms with E-state index in [4.69, 9.17) is 0 Å². The van der Waals surface area contributed by atoms with Crippen LogP contribution >= 0.6 is 15.9 Å². The van der Waals surface area contributed by atoms with Gasteiger partial charge >= 0.3 is 0 Å². The number of ketones is 1. The van der Waals surface area contributed by atoms with Crippen LogP contribution in [-0.2, 0) is 14.8 Å². The molecule has 2 saturated carbocycles. The first-order chi connectivity index (χ1) is 7.68. The fourth-order valence-electron chi connectivity index (χ4n) is 3.55. The van der Waals surface area contributed by atoms with Gasteiger partial charge in [0.25, 0.3) is 0 Å². The molecule has 2 aliphatic rings. The van der Waals surface area contributed by atoms with E-state index in [2.05, 4.69) is 20.7 Å². The van der Waals surface area contributed by atoms with Crippen molar-refractivity contribution < 1.29 is 13.2 Å². The number of carbonyl (C=O) groups excluding carboxylic acids is 1. The quantitative estimate of drug-likeness (QED) is 0.796. The Labute approximate surface area is 111 Å². The molecule has 0 amide bonds. The highest BCUT2D eigenvalue weighted by atomic mass is 79.9. The molecular weight excluding hydrogens is 306 g/mol. The number of rotatable bonds is 3. The first-order valence-corrected chi connectivity index (χ1v) is 8.34. The fraction of sp³-hybridized carbons (Fsp3) is 0.909. The Morgan fingerprint density at radius 3 is 2.47 bits per heavy atom. The van der Waals surface area contributed by atoms with Crippen LogP contribution < -0.4 is 4.72 Å². The summed E-state index contributed by atoms with van der Waals surface area (Å²) in [4.78, 5) is 12.0. The summed E-state index contributed by atoms with van der Waals surface area (Å²) in [6, 6.07) is 0. The Kier molecular flexibility index (Phi) is 3.00. The molecule has 0 aromatic carbocycles. The van der Waals surface area contributed by atoms with Crippen molar-refractivity contribution in [2.45, 2.75) is 31.5 Å². The van der Waals surface area contributed by atoms with E-state index in [0.717, 1.165) is 12.8 Å². The number of hydrogen-bond acceptors (Lipinski definition) is 3. The van der Waals surface area contributed by atoms with Crippen molar-refractivity contribution in [3.8, 4) is 0 Å². The molecule has 2 rings (SSSR count). The summed E-state index contributed by atoms with van der Waals surface area (Å²) < 4.78 is 25.9. The summed E-state index contributed by atoms with van der Waals surface area (Å²) >= 11 is 3.44. The molecule has 17 heavy (non-hydrogen) atoms. The van der Waals surface area contributed by atoms with Crippen molar-refractivity contribution in [1.82, 2.24) is 4.72 Å². The minimum absolute atomic E-state index is 0.0332. The molecule has 0 unspecified atom stereocenters. The molecular formula is C11H18BrNO3S. The van der Waals surface area contributed by atoms with Gasteiger partial charge in [-0.1, -0.05) is 29.8 Å². The largest absolute Gasteiger partial charge is 0.298 e. The average Bonchev–Trinajstić information content (AvgIpc) is 2.55. The second-order valence-electron chi connectivity index (χ2n) is 5.62. The number of halogens is 1. The number of sulfonamides is 1. The molecule has 0 saturated heterocycles. The molecule has 0 heterocycles. The van der Waals surface area contributed by atoms with Crippen molar-refractivity contribution in [3.05, 3.63) is 0 Å². The molecule has 2 bridgehead atoms. The number of Topliss-reactive ketones (excluding diaryl/α,β-unsaturated/α-hetero) is 1. The zero-order valence-corrected chi connectivity index (χ0v) is 12.7. The van der Waals surface area contributed by atoms with Crippen LogP contribution in [0.3, 0.4) is 0 Å². The maximum atomic E-state index is 12.2. The van der Waals surface area contributed by atoms with Crippen molar-refractivity contribution in [2.75, 3.05) is 12.8 Å². The molecule has 0 spiro atoms. The van der Waals surface area contributed by atoms with Crippen LogP contribution in [0.5, 0.6) is 0 Å². The second-order valence-corrected chi connectivity index (χ2v) is 8.54. The number of fused-ring (bicyclic) bond motifs is 2. The summed E-state index contributed by atoms with van der Waals surface area (Å²) in [6.45, 7) is 3.86. The van der Waals surface area contributed by atoms with Gasteiger partial charge in [-0.3, -0.25) is 4.79 Å². The lowest BCUT2D eigenvalue weighted by atomic mass is 9.70. The van der Waals surface area contributed by atoms with Gasteiger partial charge in [-0.15, -0.1) is 0 Å². The SMILES string of the molecule is CNS(=O)(=O)C[C@@]1(C)[C@H]2CC[C@@]1(C)C(=O)[C@@H]2Br. The highest BCUT2D eigenvalue weighted by molar-refractivity contribution is 9.10. The lowest BCUT2D eigenvalue weighted by Gasteiger charge is -2.35. The number of hydrogen-bond donors (Lipinski definition) is 1. The molecule has 4 nitrogen and oxygen atoms in total. The Morgan fingerprint density at radius 2 is 2.06 bits per heavy atom. The van der Waals surface area contributed by atoms with Crippen LogP contribution in [0, 0.1) is 16.7 Å². The van der Waals surface area contributed by atoms with Crippen LogP contribution in [0.1, 0.15) is 26.7 Å². The lowest BCUT2D eigenvalue weighted by molar-refractivity contribution is -0.127. The predicted octanol–water partition coefficient (Wildman–Crippen LogP) is 1.30. The highest BCUT2D eigenvalue weighted by Gasteiger charge is 2.68. The summed E-state index contributed by atoms with van der Waals surface area (Å²) in [6.07, 6.45) is 1.72. The molecule has 1 N–H and O–H groups in total. The van der Waals surface area contributed by atoms with Gasteiger partial charge in [0.2, 0.25) is 10.0 Å². The van der Waals surface area contributed by atoms with E-state index in [1.54, 1.807) is 0 Å². The van der Waals surface area contributed by atoms with Crippen LogP contribution in [-0.4, -0.2) is 31.8 Å². The maximum absolute atomic E-state index is 12.2. The van der Waals surface area contributed by atoms with E-state index in [1.165, 1.54) is 7.05 Å². The Hall–Kier alpha value is 0.0600. The minimum Gasteiger partial charge on any atom is -0.298 e. The van der Waals surface area contributed by atoms with Crippen LogP contribution in [0.25, 0.3) is 0 Å². The van der Waals surface area contributed by atoms with Gasteiger partial charge in [0, 0.05) is 5.41 Å². The molecule has 2 aliphatic carbocycles. The van der Waals surface area contributed by atoms with E-state index < -0.39 is 20.9 Å². The molecule has 6 heteroatoms. The van der Waals surface area contributed by atoms with E-state index in [1.807, 2.05) is 13.8 Å². The smallest absolute Gasteiger partial charge is 0.211 e. The summed E-state index contributed by atoms with van der Waals surface area (Å²) in [5, 5.41) is 0. The van der Waals surface area contributed by atoms with Crippen LogP contribution in [0.15, 0.2) is 0 Å². The monoisotopic (exact) mass is 323 g/mol. The van der Waals surface area contributed by atoms with Gasteiger partial charge in [0.05, 0.1) is 10.6 Å². The average molecular weight is 324 g/mol. The molecule has 0 aromatic heterocycles. The van der Waals surface area contributed by atoms with E-state index in [9.17, 15) is 13.2 Å².